The van der Waals surface area contributed by atoms with Crippen LogP contribution in [0.1, 0.15) is 12.0 Å². The van der Waals surface area contributed by atoms with Crippen LogP contribution in [0.5, 0.6) is 0 Å². The third kappa shape index (κ3) is 2.45. The number of fused-ring (bicyclic) bond motifs is 1. The molecule has 94 valence electrons. The largest absolute Gasteiger partial charge is 0.423 e. The molecule has 18 heavy (non-hydrogen) atoms. The smallest absolute Gasteiger partial charge is 0.336 e. The third-order valence-corrected chi connectivity index (χ3v) is 3.04. The SMILES string of the molecule is C=CCCN(C)c1ccc2c(C)cc(=O)oc2c1. The van der Waals surface area contributed by atoms with Crippen LogP contribution in [0.3, 0.4) is 0 Å². The van der Waals surface area contributed by atoms with Gasteiger partial charge in [-0.2, -0.15) is 0 Å². The van der Waals surface area contributed by atoms with Gasteiger partial charge in [0.1, 0.15) is 5.58 Å². The molecule has 2 aromatic rings. The van der Waals surface area contributed by atoms with Crippen molar-refractivity contribution in [2.75, 3.05) is 18.5 Å². The van der Waals surface area contributed by atoms with E-state index < -0.39 is 0 Å². The average molecular weight is 243 g/mol. The molecule has 0 spiro atoms. The van der Waals surface area contributed by atoms with Gasteiger partial charge in [0, 0.05) is 36.8 Å². The first-order valence-electron chi connectivity index (χ1n) is 5.98. The van der Waals surface area contributed by atoms with Crippen LogP contribution in [0.25, 0.3) is 11.0 Å². The van der Waals surface area contributed by atoms with E-state index in [4.69, 9.17) is 4.42 Å². The Hall–Kier alpha value is -2.03. The Morgan fingerprint density at radius 3 is 2.89 bits per heavy atom. The van der Waals surface area contributed by atoms with Crippen molar-refractivity contribution in [3.63, 3.8) is 0 Å². The van der Waals surface area contributed by atoms with Crippen molar-refractivity contribution in [3.05, 3.63) is 52.9 Å². The van der Waals surface area contributed by atoms with Crippen molar-refractivity contribution in [1.29, 1.82) is 0 Å². The van der Waals surface area contributed by atoms with E-state index in [-0.39, 0.29) is 5.63 Å². The molecule has 1 aromatic carbocycles. The molecule has 0 aliphatic heterocycles. The minimum Gasteiger partial charge on any atom is -0.423 e. The Kier molecular flexibility index (Phi) is 3.51. The minimum atomic E-state index is -0.300. The van der Waals surface area contributed by atoms with Crippen LogP contribution < -0.4 is 10.5 Å². The Morgan fingerprint density at radius 1 is 1.39 bits per heavy atom. The first-order chi connectivity index (χ1) is 8.61. The Labute approximate surface area is 106 Å². The lowest BCUT2D eigenvalue weighted by Gasteiger charge is -2.18. The van der Waals surface area contributed by atoms with E-state index in [1.165, 1.54) is 6.07 Å². The zero-order valence-corrected chi connectivity index (χ0v) is 10.8. The molecule has 0 radical (unpaired) electrons. The summed E-state index contributed by atoms with van der Waals surface area (Å²) in [6.07, 6.45) is 2.81. The van der Waals surface area contributed by atoms with E-state index in [0.29, 0.717) is 5.58 Å². The summed E-state index contributed by atoms with van der Waals surface area (Å²) in [6, 6.07) is 7.46. The zero-order valence-electron chi connectivity index (χ0n) is 10.8. The van der Waals surface area contributed by atoms with Gasteiger partial charge in [-0.05, 0) is 31.0 Å². The normalized spacial score (nSPS) is 10.6. The summed E-state index contributed by atoms with van der Waals surface area (Å²) in [5, 5.41) is 0.982. The summed E-state index contributed by atoms with van der Waals surface area (Å²) in [6.45, 7) is 6.52. The van der Waals surface area contributed by atoms with Crippen molar-refractivity contribution < 1.29 is 4.42 Å². The maximum absolute atomic E-state index is 11.4. The molecule has 0 atom stereocenters. The standard InChI is InChI=1S/C15H17NO2/c1-4-5-8-16(3)12-6-7-13-11(2)9-15(17)18-14(13)10-12/h4,6-7,9-10H,1,5,8H2,2-3H3. The van der Waals surface area contributed by atoms with Crippen LogP contribution in [0.4, 0.5) is 5.69 Å². The Balaban J connectivity index is 2.43. The lowest BCUT2D eigenvalue weighted by atomic mass is 10.1. The van der Waals surface area contributed by atoms with Crippen LogP contribution in [0, 0.1) is 6.92 Å². The summed E-state index contributed by atoms with van der Waals surface area (Å²) in [4.78, 5) is 13.5. The second-order valence-corrected chi connectivity index (χ2v) is 4.43. The van der Waals surface area contributed by atoms with Crippen LogP contribution in [0.2, 0.25) is 0 Å². The van der Waals surface area contributed by atoms with Gasteiger partial charge in [0.05, 0.1) is 0 Å². The maximum Gasteiger partial charge on any atom is 0.336 e. The van der Waals surface area contributed by atoms with E-state index in [2.05, 4.69) is 11.5 Å². The quantitative estimate of drug-likeness (QED) is 0.611. The molecule has 1 heterocycles. The van der Waals surface area contributed by atoms with Gasteiger partial charge in [0.2, 0.25) is 0 Å². The molecule has 0 aliphatic carbocycles. The number of anilines is 1. The van der Waals surface area contributed by atoms with E-state index in [1.54, 1.807) is 0 Å². The molecule has 2 rings (SSSR count). The Morgan fingerprint density at radius 2 is 2.17 bits per heavy atom. The van der Waals surface area contributed by atoms with Gasteiger partial charge in [0.15, 0.2) is 0 Å². The van der Waals surface area contributed by atoms with Gasteiger partial charge in [-0.3, -0.25) is 0 Å². The van der Waals surface area contributed by atoms with Gasteiger partial charge in [-0.25, -0.2) is 4.79 Å². The Bertz CT molecular complexity index is 628. The van der Waals surface area contributed by atoms with E-state index in [1.807, 2.05) is 38.2 Å². The maximum atomic E-state index is 11.4. The number of hydrogen-bond acceptors (Lipinski definition) is 3. The minimum absolute atomic E-state index is 0.300. The molecule has 0 fully saturated rings. The summed E-state index contributed by atoms with van der Waals surface area (Å²) < 4.78 is 5.24. The molecule has 3 heteroatoms. The predicted octanol–water partition coefficient (Wildman–Crippen LogP) is 3.11. The number of rotatable bonds is 4. The zero-order chi connectivity index (χ0) is 13.1. The molecule has 0 bridgehead atoms. The van der Waals surface area contributed by atoms with Gasteiger partial charge >= 0.3 is 5.63 Å². The van der Waals surface area contributed by atoms with Crippen LogP contribution in [0.15, 0.2) is 46.1 Å². The van der Waals surface area contributed by atoms with Gasteiger partial charge < -0.3 is 9.32 Å². The lowest BCUT2D eigenvalue weighted by molar-refractivity contribution is 0.560. The number of nitrogens with zero attached hydrogens (tertiary/aromatic N) is 1. The number of aryl methyl sites for hydroxylation is 1. The van der Waals surface area contributed by atoms with Gasteiger partial charge in [0.25, 0.3) is 0 Å². The lowest BCUT2D eigenvalue weighted by Crippen LogP contribution is -2.17. The first kappa shape index (κ1) is 12.4. The summed E-state index contributed by atoms with van der Waals surface area (Å²) in [5.41, 5.74) is 2.33. The highest BCUT2D eigenvalue weighted by atomic mass is 16.4. The van der Waals surface area contributed by atoms with Crippen molar-refractivity contribution in [3.8, 4) is 0 Å². The second kappa shape index (κ2) is 5.08. The van der Waals surface area contributed by atoms with Crippen molar-refractivity contribution >= 4 is 16.7 Å². The van der Waals surface area contributed by atoms with Crippen LogP contribution in [-0.4, -0.2) is 13.6 Å². The number of benzene rings is 1. The van der Waals surface area contributed by atoms with E-state index in [0.717, 1.165) is 29.6 Å². The number of hydrogen-bond donors (Lipinski definition) is 0. The summed E-state index contributed by atoms with van der Waals surface area (Å²) in [7, 11) is 2.01. The molecular weight excluding hydrogens is 226 g/mol. The van der Waals surface area contributed by atoms with Crippen molar-refractivity contribution in [2.24, 2.45) is 0 Å². The molecular formula is C15H17NO2. The molecule has 1 aromatic heterocycles. The molecule has 0 aliphatic rings. The van der Waals surface area contributed by atoms with Gasteiger partial charge in [-0.1, -0.05) is 6.08 Å². The van der Waals surface area contributed by atoms with E-state index in [9.17, 15) is 4.79 Å². The van der Waals surface area contributed by atoms with Crippen molar-refractivity contribution in [1.82, 2.24) is 0 Å². The first-order valence-corrected chi connectivity index (χ1v) is 5.98. The summed E-state index contributed by atoms with van der Waals surface area (Å²) >= 11 is 0. The van der Waals surface area contributed by atoms with Crippen molar-refractivity contribution in [2.45, 2.75) is 13.3 Å². The van der Waals surface area contributed by atoms with Crippen LogP contribution >= 0.6 is 0 Å². The monoisotopic (exact) mass is 243 g/mol. The second-order valence-electron chi connectivity index (χ2n) is 4.43. The van der Waals surface area contributed by atoms with Gasteiger partial charge in [-0.15, -0.1) is 6.58 Å². The highest BCUT2D eigenvalue weighted by Crippen LogP contribution is 2.22. The molecule has 0 saturated heterocycles. The fraction of sp³-hybridized carbons (Fsp3) is 0.267. The van der Waals surface area contributed by atoms with E-state index >= 15 is 0 Å². The topological polar surface area (TPSA) is 33.5 Å². The predicted molar refractivity (Wildman–Crippen MR) is 75.3 cm³/mol. The molecule has 0 amide bonds. The highest BCUT2D eigenvalue weighted by molar-refractivity contribution is 5.83. The molecule has 0 N–H and O–H groups in total. The third-order valence-electron chi connectivity index (χ3n) is 3.04. The molecule has 0 unspecified atom stereocenters. The average Bonchev–Trinajstić information content (AvgIpc) is 2.34. The summed E-state index contributed by atoms with van der Waals surface area (Å²) in [5.74, 6) is 0. The highest BCUT2D eigenvalue weighted by Gasteiger charge is 2.05. The van der Waals surface area contributed by atoms with Crippen LogP contribution in [-0.2, 0) is 0 Å². The fourth-order valence-corrected chi connectivity index (χ4v) is 1.97. The molecule has 3 nitrogen and oxygen atoms in total. The fourth-order valence-electron chi connectivity index (χ4n) is 1.97. The molecule has 0 saturated carbocycles.